The fourth-order valence-electron chi connectivity index (χ4n) is 2.89. The van der Waals surface area contributed by atoms with Crippen LogP contribution >= 0.6 is 0 Å². The summed E-state index contributed by atoms with van der Waals surface area (Å²) in [6, 6.07) is 9.94. The van der Waals surface area contributed by atoms with Crippen LogP contribution in [0.5, 0.6) is 0 Å². The maximum absolute atomic E-state index is 12.4. The summed E-state index contributed by atoms with van der Waals surface area (Å²) in [4.78, 5) is 20.8. The zero-order valence-electron chi connectivity index (χ0n) is 13.6. The van der Waals surface area contributed by atoms with E-state index in [1.54, 1.807) is 0 Å². The number of nitrogens with two attached hydrogens (primary N) is 1. The predicted octanol–water partition coefficient (Wildman–Crippen LogP) is 1.88. The number of aromatic nitrogens is 2. The first kappa shape index (κ1) is 16.4. The standard InChI is InChI=1S/C18H22N4O2/c19-18-21-15-9-5-4-8-14(15)16(22-18)17(23)20-10-11-24-12-13-6-2-1-3-7-13/h1-3,6-7H,4-5,8-12H2,(H,20,23)(H2,19,21,22). The second-order valence-corrected chi connectivity index (χ2v) is 5.86. The number of rotatable bonds is 6. The molecule has 6 heteroatoms. The molecule has 3 rings (SSSR count). The van der Waals surface area contributed by atoms with Crippen LogP contribution in [0.25, 0.3) is 0 Å². The topological polar surface area (TPSA) is 90.1 Å². The van der Waals surface area contributed by atoms with Crippen molar-refractivity contribution in [2.75, 3.05) is 18.9 Å². The Morgan fingerprint density at radius 1 is 1.17 bits per heavy atom. The van der Waals surface area contributed by atoms with Crippen LogP contribution in [0.3, 0.4) is 0 Å². The van der Waals surface area contributed by atoms with Gasteiger partial charge in [0.2, 0.25) is 5.95 Å². The van der Waals surface area contributed by atoms with E-state index in [1.807, 2.05) is 30.3 Å². The lowest BCUT2D eigenvalue weighted by molar-refractivity contribution is 0.0895. The van der Waals surface area contributed by atoms with Crippen molar-refractivity contribution in [1.29, 1.82) is 0 Å². The van der Waals surface area contributed by atoms with Crippen molar-refractivity contribution in [3.05, 3.63) is 52.8 Å². The first-order valence-electron chi connectivity index (χ1n) is 8.29. The van der Waals surface area contributed by atoms with E-state index in [2.05, 4.69) is 15.3 Å². The monoisotopic (exact) mass is 326 g/mol. The van der Waals surface area contributed by atoms with Gasteiger partial charge in [0, 0.05) is 17.8 Å². The van der Waals surface area contributed by atoms with Gasteiger partial charge in [0.1, 0.15) is 5.69 Å². The number of carbonyl (C=O) groups is 1. The number of carbonyl (C=O) groups excluding carboxylic acids is 1. The van der Waals surface area contributed by atoms with Gasteiger partial charge in [-0.05, 0) is 31.2 Å². The summed E-state index contributed by atoms with van der Waals surface area (Å²) in [6.07, 6.45) is 3.84. The summed E-state index contributed by atoms with van der Waals surface area (Å²) in [5.74, 6) is -0.0355. The third-order valence-corrected chi connectivity index (χ3v) is 4.06. The first-order chi connectivity index (χ1) is 11.7. The minimum Gasteiger partial charge on any atom is -0.375 e. The van der Waals surface area contributed by atoms with Gasteiger partial charge in [0.25, 0.3) is 5.91 Å². The molecule has 0 saturated carbocycles. The van der Waals surface area contributed by atoms with Gasteiger partial charge < -0.3 is 15.8 Å². The number of fused-ring (bicyclic) bond motifs is 1. The Morgan fingerprint density at radius 2 is 1.96 bits per heavy atom. The fourth-order valence-corrected chi connectivity index (χ4v) is 2.89. The minimum absolute atomic E-state index is 0.168. The largest absolute Gasteiger partial charge is 0.375 e. The van der Waals surface area contributed by atoms with Gasteiger partial charge >= 0.3 is 0 Å². The molecule has 1 aliphatic rings. The highest BCUT2D eigenvalue weighted by atomic mass is 16.5. The van der Waals surface area contributed by atoms with Crippen LogP contribution in [0.4, 0.5) is 5.95 Å². The summed E-state index contributed by atoms with van der Waals surface area (Å²) >= 11 is 0. The van der Waals surface area contributed by atoms with E-state index >= 15 is 0 Å². The number of anilines is 1. The Bertz CT molecular complexity index is 704. The number of hydrogen-bond acceptors (Lipinski definition) is 5. The average Bonchev–Trinajstić information content (AvgIpc) is 2.61. The predicted molar refractivity (Wildman–Crippen MR) is 91.5 cm³/mol. The van der Waals surface area contributed by atoms with Gasteiger partial charge in [-0.2, -0.15) is 0 Å². The van der Waals surface area contributed by atoms with Crippen LogP contribution in [-0.2, 0) is 24.2 Å². The number of nitrogens with zero attached hydrogens (tertiary/aromatic N) is 2. The zero-order chi connectivity index (χ0) is 16.8. The number of aryl methyl sites for hydroxylation is 1. The summed E-state index contributed by atoms with van der Waals surface area (Å²) in [5, 5.41) is 2.85. The molecule has 1 amide bonds. The molecule has 1 aromatic heterocycles. The maximum Gasteiger partial charge on any atom is 0.270 e. The van der Waals surface area contributed by atoms with Crippen molar-refractivity contribution in [1.82, 2.24) is 15.3 Å². The van der Waals surface area contributed by atoms with Crippen molar-refractivity contribution in [3.63, 3.8) is 0 Å². The van der Waals surface area contributed by atoms with Gasteiger partial charge in [0.05, 0.1) is 13.2 Å². The van der Waals surface area contributed by atoms with E-state index in [0.717, 1.165) is 42.5 Å². The highest BCUT2D eigenvalue weighted by molar-refractivity contribution is 5.94. The number of nitrogens with one attached hydrogen (secondary N) is 1. The number of benzene rings is 1. The van der Waals surface area contributed by atoms with Gasteiger partial charge in [-0.15, -0.1) is 0 Å². The van der Waals surface area contributed by atoms with Crippen molar-refractivity contribution < 1.29 is 9.53 Å². The molecule has 0 aliphatic heterocycles. The van der Waals surface area contributed by atoms with Crippen LogP contribution < -0.4 is 11.1 Å². The molecule has 2 aromatic rings. The molecular formula is C18H22N4O2. The number of nitrogen functional groups attached to an aromatic ring is 1. The van der Waals surface area contributed by atoms with E-state index < -0.39 is 0 Å². The molecule has 0 bridgehead atoms. The molecule has 6 nitrogen and oxygen atoms in total. The molecule has 0 unspecified atom stereocenters. The molecule has 0 atom stereocenters. The highest BCUT2D eigenvalue weighted by Gasteiger charge is 2.21. The van der Waals surface area contributed by atoms with E-state index in [9.17, 15) is 4.79 Å². The third kappa shape index (κ3) is 4.08. The number of hydrogen-bond donors (Lipinski definition) is 2. The Labute approximate surface area is 141 Å². The normalized spacial score (nSPS) is 13.3. The second-order valence-electron chi connectivity index (χ2n) is 5.86. The van der Waals surface area contributed by atoms with Crippen LogP contribution in [-0.4, -0.2) is 29.0 Å². The Balaban J connectivity index is 1.51. The van der Waals surface area contributed by atoms with Crippen LogP contribution in [0, 0.1) is 0 Å². The minimum atomic E-state index is -0.203. The third-order valence-electron chi connectivity index (χ3n) is 4.06. The van der Waals surface area contributed by atoms with Crippen molar-refractivity contribution in [3.8, 4) is 0 Å². The lowest BCUT2D eigenvalue weighted by Gasteiger charge is -2.17. The van der Waals surface area contributed by atoms with Gasteiger partial charge in [0.15, 0.2) is 0 Å². The van der Waals surface area contributed by atoms with E-state index in [-0.39, 0.29) is 11.9 Å². The maximum atomic E-state index is 12.4. The van der Waals surface area contributed by atoms with Crippen LogP contribution in [0.1, 0.15) is 40.2 Å². The summed E-state index contributed by atoms with van der Waals surface area (Å²) < 4.78 is 5.57. The van der Waals surface area contributed by atoms with Crippen molar-refractivity contribution in [2.45, 2.75) is 32.3 Å². The summed E-state index contributed by atoms with van der Waals surface area (Å²) in [6.45, 7) is 1.42. The molecule has 0 spiro atoms. The molecule has 1 aliphatic carbocycles. The number of ether oxygens (including phenoxy) is 1. The number of amides is 1. The Morgan fingerprint density at radius 3 is 2.79 bits per heavy atom. The van der Waals surface area contributed by atoms with E-state index in [1.165, 1.54) is 0 Å². The van der Waals surface area contributed by atoms with Crippen molar-refractivity contribution in [2.24, 2.45) is 0 Å². The van der Waals surface area contributed by atoms with Crippen LogP contribution in [0.2, 0.25) is 0 Å². The van der Waals surface area contributed by atoms with E-state index in [4.69, 9.17) is 10.5 Å². The quantitative estimate of drug-likeness (QED) is 0.791. The fraction of sp³-hybridized carbons (Fsp3) is 0.389. The molecule has 24 heavy (non-hydrogen) atoms. The lowest BCUT2D eigenvalue weighted by atomic mass is 9.94. The van der Waals surface area contributed by atoms with Gasteiger partial charge in [-0.1, -0.05) is 30.3 Å². The molecule has 0 radical (unpaired) electrons. The average molecular weight is 326 g/mol. The molecule has 3 N–H and O–H groups in total. The first-order valence-corrected chi connectivity index (χ1v) is 8.29. The Hall–Kier alpha value is -2.47. The SMILES string of the molecule is Nc1nc2c(c(C(=O)NCCOCc3ccccc3)n1)CCCC2. The molecule has 1 heterocycles. The summed E-state index contributed by atoms with van der Waals surface area (Å²) in [7, 11) is 0. The molecule has 0 fully saturated rings. The Kier molecular flexibility index (Phi) is 5.38. The van der Waals surface area contributed by atoms with Gasteiger partial charge in [-0.3, -0.25) is 4.79 Å². The highest BCUT2D eigenvalue weighted by Crippen LogP contribution is 2.22. The molecular weight excluding hydrogens is 304 g/mol. The smallest absolute Gasteiger partial charge is 0.270 e. The zero-order valence-corrected chi connectivity index (χ0v) is 13.6. The molecule has 1 aromatic carbocycles. The van der Waals surface area contributed by atoms with E-state index in [0.29, 0.717) is 25.5 Å². The second kappa shape index (κ2) is 7.88. The summed E-state index contributed by atoms with van der Waals surface area (Å²) in [5.41, 5.74) is 9.12. The van der Waals surface area contributed by atoms with Crippen molar-refractivity contribution >= 4 is 11.9 Å². The van der Waals surface area contributed by atoms with Gasteiger partial charge in [-0.25, -0.2) is 9.97 Å². The lowest BCUT2D eigenvalue weighted by Crippen LogP contribution is -2.30. The molecule has 0 saturated heterocycles. The molecule has 126 valence electrons. The van der Waals surface area contributed by atoms with Crippen LogP contribution in [0.15, 0.2) is 30.3 Å².